The topological polar surface area (TPSA) is 88.8 Å². The molecule has 0 fully saturated rings. The Morgan fingerprint density at radius 2 is 2.24 bits per heavy atom. The standard InChI is InChI=1S/C11H15NO5/c1-3-16-11(15)9-4-8(7(2)17-9)5-12-6-10(13)14/h4,12H,3,5-6H2,1-2H3,(H,13,14). The normalized spacial score (nSPS) is 10.2. The molecule has 1 rings (SSSR count). The number of aryl methyl sites for hydroxylation is 1. The van der Waals surface area contributed by atoms with Crippen LogP contribution < -0.4 is 5.32 Å². The van der Waals surface area contributed by atoms with E-state index in [1.165, 1.54) is 0 Å². The van der Waals surface area contributed by atoms with Crippen LogP contribution in [-0.4, -0.2) is 30.2 Å². The minimum atomic E-state index is -0.934. The van der Waals surface area contributed by atoms with Crippen LogP contribution in [0.15, 0.2) is 10.5 Å². The van der Waals surface area contributed by atoms with Gasteiger partial charge in [-0.3, -0.25) is 4.79 Å². The van der Waals surface area contributed by atoms with Gasteiger partial charge in [0.25, 0.3) is 0 Å². The Morgan fingerprint density at radius 3 is 2.82 bits per heavy atom. The number of aliphatic carboxylic acids is 1. The van der Waals surface area contributed by atoms with E-state index in [1.807, 2.05) is 0 Å². The van der Waals surface area contributed by atoms with E-state index in [0.29, 0.717) is 12.3 Å². The highest BCUT2D eigenvalue weighted by atomic mass is 16.5. The molecule has 94 valence electrons. The number of furan rings is 1. The summed E-state index contributed by atoms with van der Waals surface area (Å²) in [6, 6.07) is 1.56. The van der Waals surface area contributed by atoms with Crippen LogP contribution in [0.2, 0.25) is 0 Å². The summed E-state index contributed by atoms with van der Waals surface area (Å²) in [5, 5.41) is 11.2. The smallest absolute Gasteiger partial charge is 0.374 e. The van der Waals surface area contributed by atoms with Crippen molar-refractivity contribution < 1.29 is 23.8 Å². The van der Waals surface area contributed by atoms with Crippen LogP contribution in [0.25, 0.3) is 0 Å². The van der Waals surface area contributed by atoms with Gasteiger partial charge in [0, 0.05) is 12.1 Å². The van der Waals surface area contributed by atoms with Crippen molar-refractivity contribution in [1.82, 2.24) is 5.32 Å². The molecule has 1 heterocycles. The Morgan fingerprint density at radius 1 is 1.53 bits per heavy atom. The van der Waals surface area contributed by atoms with E-state index in [-0.39, 0.29) is 18.9 Å². The van der Waals surface area contributed by atoms with Crippen molar-refractivity contribution in [3.8, 4) is 0 Å². The molecule has 0 spiro atoms. The SMILES string of the molecule is CCOC(=O)c1cc(CNCC(=O)O)c(C)o1. The number of carbonyl (C=O) groups is 2. The monoisotopic (exact) mass is 241 g/mol. The Balaban J connectivity index is 2.61. The van der Waals surface area contributed by atoms with E-state index in [1.54, 1.807) is 19.9 Å². The molecule has 17 heavy (non-hydrogen) atoms. The first kappa shape index (κ1) is 13.2. The summed E-state index contributed by atoms with van der Waals surface area (Å²) >= 11 is 0. The molecule has 0 amide bonds. The quantitative estimate of drug-likeness (QED) is 0.720. The first-order valence-electron chi connectivity index (χ1n) is 5.23. The number of esters is 1. The average molecular weight is 241 g/mol. The highest BCUT2D eigenvalue weighted by Gasteiger charge is 2.15. The highest BCUT2D eigenvalue weighted by molar-refractivity contribution is 5.86. The number of nitrogens with one attached hydrogen (secondary N) is 1. The number of carbonyl (C=O) groups excluding carboxylic acids is 1. The zero-order valence-corrected chi connectivity index (χ0v) is 9.78. The average Bonchev–Trinajstić information content (AvgIpc) is 2.60. The van der Waals surface area contributed by atoms with E-state index in [4.69, 9.17) is 14.3 Å². The maximum absolute atomic E-state index is 11.4. The largest absolute Gasteiger partial charge is 0.480 e. The molecule has 0 aliphatic heterocycles. The molecule has 0 saturated carbocycles. The van der Waals surface area contributed by atoms with Crippen molar-refractivity contribution >= 4 is 11.9 Å². The van der Waals surface area contributed by atoms with E-state index in [9.17, 15) is 9.59 Å². The Kier molecular flexibility index (Phi) is 4.71. The van der Waals surface area contributed by atoms with Crippen molar-refractivity contribution in [3.05, 3.63) is 23.2 Å². The van der Waals surface area contributed by atoms with Gasteiger partial charge in [-0.05, 0) is 19.9 Å². The lowest BCUT2D eigenvalue weighted by molar-refractivity contribution is -0.136. The van der Waals surface area contributed by atoms with Crippen LogP contribution in [0.5, 0.6) is 0 Å². The van der Waals surface area contributed by atoms with Crippen LogP contribution >= 0.6 is 0 Å². The maximum Gasteiger partial charge on any atom is 0.374 e. The second-order valence-electron chi connectivity index (χ2n) is 3.41. The molecule has 0 aromatic carbocycles. The van der Waals surface area contributed by atoms with Crippen LogP contribution in [-0.2, 0) is 16.1 Å². The summed E-state index contributed by atoms with van der Waals surface area (Å²) in [6.45, 7) is 3.90. The van der Waals surface area contributed by atoms with Crippen LogP contribution in [0.1, 0.15) is 28.8 Å². The third kappa shape index (κ3) is 3.92. The van der Waals surface area contributed by atoms with Gasteiger partial charge in [0.05, 0.1) is 13.2 Å². The fourth-order valence-corrected chi connectivity index (χ4v) is 1.30. The minimum absolute atomic E-state index is 0.136. The zero-order valence-electron chi connectivity index (χ0n) is 9.78. The summed E-state index contributed by atoms with van der Waals surface area (Å²) < 4.78 is 10.0. The molecule has 0 atom stereocenters. The van der Waals surface area contributed by atoms with Gasteiger partial charge in [-0.15, -0.1) is 0 Å². The van der Waals surface area contributed by atoms with E-state index < -0.39 is 11.9 Å². The molecule has 1 aromatic rings. The minimum Gasteiger partial charge on any atom is -0.480 e. The lowest BCUT2D eigenvalue weighted by Crippen LogP contribution is -2.21. The molecule has 6 heteroatoms. The number of hydrogen-bond acceptors (Lipinski definition) is 5. The summed E-state index contributed by atoms with van der Waals surface area (Å²) in [5.74, 6) is -0.737. The third-order valence-electron chi connectivity index (χ3n) is 2.09. The van der Waals surface area contributed by atoms with Crippen LogP contribution in [0, 0.1) is 6.92 Å². The summed E-state index contributed by atoms with van der Waals surface area (Å²) in [6.07, 6.45) is 0. The molecule has 0 bridgehead atoms. The molecule has 0 aliphatic rings. The second-order valence-corrected chi connectivity index (χ2v) is 3.41. The summed E-state index contributed by atoms with van der Waals surface area (Å²) in [7, 11) is 0. The lowest BCUT2D eigenvalue weighted by atomic mass is 10.2. The Hall–Kier alpha value is -1.82. The van der Waals surface area contributed by atoms with Gasteiger partial charge < -0.3 is 19.6 Å². The van der Waals surface area contributed by atoms with Gasteiger partial charge in [-0.1, -0.05) is 0 Å². The van der Waals surface area contributed by atoms with Gasteiger partial charge >= 0.3 is 11.9 Å². The molecule has 6 nitrogen and oxygen atoms in total. The second kappa shape index (κ2) is 6.05. The number of ether oxygens (including phenoxy) is 1. The number of carboxylic acids is 1. The van der Waals surface area contributed by atoms with E-state index in [2.05, 4.69) is 5.32 Å². The van der Waals surface area contributed by atoms with Crippen LogP contribution in [0.3, 0.4) is 0 Å². The van der Waals surface area contributed by atoms with Gasteiger partial charge in [0.15, 0.2) is 0 Å². The maximum atomic E-state index is 11.4. The number of hydrogen-bond donors (Lipinski definition) is 2. The first-order valence-corrected chi connectivity index (χ1v) is 5.23. The molecule has 2 N–H and O–H groups in total. The van der Waals surface area contributed by atoms with E-state index in [0.717, 1.165) is 5.56 Å². The molecule has 0 aliphatic carbocycles. The first-order chi connectivity index (χ1) is 8.04. The van der Waals surface area contributed by atoms with E-state index >= 15 is 0 Å². The third-order valence-corrected chi connectivity index (χ3v) is 2.09. The molecule has 0 unspecified atom stereocenters. The molecule has 1 aromatic heterocycles. The lowest BCUT2D eigenvalue weighted by Gasteiger charge is -1.98. The van der Waals surface area contributed by atoms with Gasteiger partial charge in [0.1, 0.15) is 5.76 Å². The summed E-state index contributed by atoms with van der Waals surface area (Å²) in [4.78, 5) is 21.7. The predicted octanol–water partition coefficient (Wildman–Crippen LogP) is 0.939. The zero-order chi connectivity index (χ0) is 12.8. The molecule has 0 radical (unpaired) electrons. The van der Waals surface area contributed by atoms with Crippen LogP contribution in [0.4, 0.5) is 0 Å². The number of rotatable bonds is 6. The Bertz CT molecular complexity index is 410. The van der Waals surface area contributed by atoms with Crippen molar-refractivity contribution in [2.75, 3.05) is 13.2 Å². The van der Waals surface area contributed by atoms with Gasteiger partial charge in [0.2, 0.25) is 5.76 Å². The van der Waals surface area contributed by atoms with Gasteiger partial charge in [-0.2, -0.15) is 0 Å². The van der Waals surface area contributed by atoms with Crippen molar-refractivity contribution in [1.29, 1.82) is 0 Å². The van der Waals surface area contributed by atoms with Gasteiger partial charge in [-0.25, -0.2) is 4.79 Å². The van der Waals surface area contributed by atoms with Crippen molar-refractivity contribution in [3.63, 3.8) is 0 Å². The van der Waals surface area contributed by atoms with Crippen molar-refractivity contribution in [2.45, 2.75) is 20.4 Å². The predicted molar refractivity (Wildman–Crippen MR) is 58.7 cm³/mol. The Labute approximate surface area is 98.6 Å². The molecule has 0 saturated heterocycles. The number of carboxylic acid groups (broad SMARTS) is 1. The summed E-state index contributed by atoms with van der Waals surface area (Å²) in [5.41, 5.74) is 0.745. The fraction of sp³-hybridized carbons (Fsp3) is 0.455. The highest BCUT2D eigenvalue weighted by Crippen LogP contribution is 2.15. The molecular formula is C11H15NO5. The van der Waals surface area contributed by atoms with Crippen molar-refractivity contribution in [2.24, 2.45) is 0 Å². The molecular weight excluding hydrogens is 226 g/mol. The fourth-order valence-electron chi connectivity index (χ4n) is 1.30.